The van der Waals surface area contributed by atoms with Gasteiger partial charge in [-0.3, -0.25) is 0 Å². The molecule has 8 heteroatoms. The Balaban J connectivity index is 2.47. The molecule has 0 bridgehead atoms. The average molecular weight is 355 g/mol. The molecule has 2 rings (SSSR count). The number of hydrogen-bond donors (Lipinski definition) is 0. The summed E-state index contributed by atoms with van der Waals surface area (Å²) in [7, 11) is -4.06. The molecule has 0 spiro atoms. The maximum atomic E-state index is 12.6. The number of sulfone groups is 1. The van der Waals surface area contributed by atoms with Crippen LogP contribution < -0.4 is 4.74 Å². The first-order chi connectivity index (χ1) is 11.1. The molecule has 0 aliphatic heterocycles. The molecule has 0 saturated heterocycles. The standard InChI is InChI=1S/C16H12F3NO3S/c1-11-2-6-14(7-3-11)24(21,22)15-8-13(5-4-12(15)9-20)23-10-16(17,18)19/h2-8H,10H2,1H3. The van der Waals surface area contributed by atoms with Gasteiger partial charge in [-0.15, -0.1) is 0 Å². The van der Waals surface area contributed by atoms with E-state index in [1.54, 1.807) is 25.1 Å². The van der Waals surface area contributed by atoms with E-state index in [1.165, 1.54) is 12.1 Å². The molecule has 0 saturated carbocycles. The third-order valence-corrected chi connectivity index (χ3v) is 4.91. The van der Waals surface area contributed by atoms with Crippen molar-refractivity contribution in [2.75, 3.05) is 6.61 Å². The Morgan fingerprint density at radius 1 is 1.12 bits per heavy atom. The van der Waals surface area contributed by atoms with Gasteiger partial charge >= 0.3 is 6.18 Å². The van der Waals surface area contributed by atoms with Crippen LogP contribution in [0.2, 0.25) is 0 Å². The van der Waals surface area contributed by atoms with Gasteiger partial charge in [0.05, 0.1) is 15.4 Å². The van der Waals surface area contributed by atoms with E-state index in [1.807, 2.05) is 0 Å². The Labute approximate surface area is 137 Å². The number of halogens is 3. The van der Waals surface area contributed by atoms with Crippen molar-refractivity contribution in [1.29, 1.82) is 5.26 Å². The van der Waals surface area contributed by atoms with Gasteiger partial charge in [-0.25, -0.2) is 8.42 Å². The minimum atomic E-state index is -4.55. The van der Waals surface area contributed by atoms with E-state index >= 15 is 0 Å². The Hall–Kier alpha value is -2.53. The van der Waals surface area contributed by atoms with E-state index < -0.39 is 27.5 Å². The molecule has 4 nitrogen and oxygen atoms in total. The van der Waals surface area contributed by atoms with E-state index in [2.05, 4.69) is 4.74 Å². The van der Waals surface area contributed by atoms with Crippen LogP contribution in [0, 0.1) is 18.3 Å². The molecule has 0 aliphatic carbocycles. The third kappa shape index (κ3) is 4.06. The zero-order valence-corrected chi connectivity index (χ0v) is 13.3. The maximum absolute atomic E-state index is 12.6. The van der Waals surface area contributed by atoms with Gasteiger partial charge < -0.3 is 4.74 Å². The number of benzene rings is 2. The number of hydrogen-bond acceptors (Lipinski definition) is 4. The van der Waals surface area contributed by atoms with Crippen LogP contribution in [-0.2, 0) is 9.84 Å². The molecule has 2 aromatic rings. The van der Waals surface area contributed by atoms with E-state index in [0.717, 1.165) is 23.8 Å². The van der Waals surface area contributed by atoms with Crippen LogP contribution in [0.4, 0.5) is 13.2 Å². The monoisotopic (exact) mass is 355 g/mol. The molecular formula is C16H12F3NO3S. The van der Waals surface area contributed by atoms with Gasteiger partial charge in [0.2, 0.25) is 9.84 Å². The number of nitrogens with zero attached hydrogens (tertiary/aromatic N) is 1. The lowest BCUT2D eigenvalue weighted by molar-refractivity contribution is -0.153. The Kier molecular flexibility index (Phi) is 4.85. The molecule has 2 aromatic carbocycles. The lowest BCUT2D eigenvalue weighted by Gasteiger charge is -2.12. The lowest BCUT2D eigenvalue weighted by Crippen LogP contribution is -2.19. The zero-order chi connectivity index (χ0) is 18.0. The van der Waals surface area contributed by atoms with Gasteiger partial charge in [-0.05, 0) is 31.2 Å². The molecule has 126 valence electrons. The second kappa shape index (κ2) is 6.53. The zero-order valence-electron chi connectivity index (χ0n) is 12.5. The van der Waals surface area contributed by atoms with E-state index in [4.69, 9.17) is 5.26 Å². The first-order valence-electron chi connectivity index (χ1n) is 6.69. The van der Waals surface area contributed by atoms with Gasteiger partial charge in [0, 0.05) is 6.07 Å². The van der Waals surface area contributed by atoms with Crippen molar-refractivity contribution >= 4 is 9.84 Å². The van der Waals surface area contributed by atoms with Gasteiger partial charge in [-0.1, -0.05) is 17.7 Å². The van der Waals surface area contributed by atoms with Crippen LogP contribution in [0.1, 0.15) is 11.1 Å². The van der Waals surface area contributed by atoms with Crippen molar-refractivity contribution in [3.8, 4) is 11.8 Å². The summed E-state index contributed by atoms with van der Waals surface area (Å²) in [6, 6.07) is 10.8. The molecule has 24 heavy (non-hydrogen) atoms. The predicted molar refractivity (Wildman–Crippen MR) is 79.3 cm³/mol. The van der Waals surface area contributed by atoms with E-state index in [9.17, 15) is 21.6 Å². The maximum Gasteiger partial charge on any atom is 0.422 e. The second-order valence-electron chi connectivity index (χ2n) is 4.99. The fourth-order valence-electron chi connectivity index (χ4n) is 1.92. The van der Waals surface area contributed by atoms with Gasteiger partial charge in [0.15, 0.2) is 6.61 Å². The summed E-state index contributed by atoms with van der Waals surface area (Å²) in [5, 5.41) is 9.09. The second-order valence-corrected chi connectivity index (χ2v) is 6.91. The van der Waals surface area contributed by atoms with E-state index in [0.29, 0.717) is 0 Å². The SMILES string of the molecule is Cc1ccc(S(=O)(=O)c2cc(OCC(F)(F)F)ccc2C#N)cc1. The number of alkyl halides is 3. The topological polar surface area (TPSA) is 67.2 Å². The molecule has 0 unspecified atom stereocenters. The molecule has 0 radical (unpaired) electrons. The predicted octanol–water partition coefficient (Wildman–Crippen LogP) is 3.64. The highest BCUT2D eigenvalue weighted by Gasteiger charge is 2.29. The fraction of sp³-hybridized carbons (Fsp3) is 0.188. The van der Waals surface area contributed by atoms with Crippen molar-refractivity contribution < 1.29 is 26.3 Å². The van der Waals surface area contributed by atoms with Crippen LogP contribution in [-0.4, -0.2) is 21.2 Å². The van der Waals surface area contributed by atoms with E-state index in [-0.39, 0.29) is 16.2 Å². The van der Waals surface area contributed by atoms with Crippen LogP contribution in [0.5, 0.6) is 5.75 Å². The van der Waals surface area contributed by atoms with Crippen molar-refractivity contribution in [3.63, 3.8) is 0 Å². The molecule has 0 aromatic heterocycles. The Morgan fingerprint density at radius 3 is 2.29 bits per heavy atom. The molecule has 0 N–H and O–H groups in total. The highest BCUT2D eigenvalue weighted by atomic mass is 32.2. The molecule has 0 heterocycles. The highest BCUT2D eigenvalue weighted by molar-refractivity contribution is 7.91. The first-order valence-corrected chi connectivity index (χ1v) is 8.17. The summed E-state index contributed by atoms with van der Waals surface area (Å²) in [5.41, 5.74) is 0.673. The smallest absolute Gasteiger partial charge is 0.422 e. The Bertz CT molecular complexity index is 882. The number of rotatable bonds is 4. The summed E-state index contributed by atoms with van der Waals surface area (Å²) >= 11 is 0. The Morgan fingerprint density at radius 2 is 1.75 bits per heavy atom. The molecule has 0 aliphatic rings. The number of nitriles is 1. The van der Waals surface area contributed by atoms with Gasteiger partial charge in [0.25, 0.3) is 0 Å². The summed E-state index contributed by atoms with van der Waals surface area (Å²) in [5.74, 6) is -0.281. The van der Waals surface area contributed by atoms with Crippen LogP contribution in [0.25, 0.3) is 0 Å². The largest absolute Gasteiger partial charge is 0.484 e. The van der Waals surface area contributed by atoms with Gasteiger partial charge in [-0.2, -0.15) is 18.4 Å². The molecule has 0 atom stereocenters. The number of aryl methyl sites for hydroxylation is 1. The minimum Gasteiger partial charge on any atom is -0.484 e. The van der Waals surface area contributed by atoms with Crippen molar-refractivity contribution in [3.05, 3.63) is 53.6 Å². The van der Waals surface area contributed by atoms with Crippen molar-refractivity contribution in [1.82, 2.24) is 0 Å². The average Bonchev–Trinajstić information content (AvgIpc) is 2.52. The number of ether oxygens (including phenoxy) is 1. The van der Waals surface area contributed by atoms with Crippen LogP contribution >= 0.6 is 0 Å². The van der Waals surface area contributed by atoms with Gasteiger partial charge in [0.1, 0.15) is 11.8 Å². The lowest BCUT2D eigenvalue weighted by atomic mass is 10.2. The van der Waals surface area contributed by atoms with Crippen LogP contribution in [0.15, 0.2) is 52.3 Å². The summed E-state index contributed by atoms with van der Waals surface area (Å²) in [6.45, 7) is 0.228. The van der Waals surface area contributed by atoms with Crippen molar-refractivity contribution in [2.24, 2.45) is 0 Å². The normalized spacial score (nSPS) is 11.8. The molecular weight excluding hydrogens is 343 g/mol. The summed E-state index contributed by atoms with van der Waals surface area (Å²) in [6.07, 6.45) is -4.55. The fourth-order valence-corrected chi connectivity index (χ4v) is 3.34. The first kappa shape index (κ1) is 17.8. The summed E-state index contributed by atoms with van der Waals surface area (Å²) in [4.78, 5) is -0.453. The highest BCUT2D eigenvalue weighted by Crippen LogP contribution is 2.28. The molecule has 0 fully saturated rings. The molecule has 0 amide bonds. The summed E-state index contributed by atoms with van der Waals surface area (Å²) < 4.78 is 66.5. The van der Waals surface area contributed by atoms with Crippen molar-refractivity contribution in [2.45, 2.75) is 22.9 Å². The van der Waals surface area contributed by atoms with Crippen LogP contribution in [0.3, 0.4) is 0 Å². The quantitative estimate of drug-likeness (QED) is 0.840. The third-order valence-electron chi connectivity index (χ3n) is 3.10. The minimum absolute atomic E-state index is 0.0578.